The molecule has 0 fully saturated rings. The minimum Gasteiger partial charge on any atom is -0.447 e. The van der Waals surface area contributed by atoms with E-state index in [-0.39, 0.29) is 11.3 Å². The van der Waals surface area contributed by atoms with Gasteiger partial charge in [0.2, 0.25) is 0 Å². The number of nitrogens with one attached hydrogen (secondary N) is 2. The van der Waals surface area contributed by atoms with Crippen LogP contribution in [0.15, 0.2) is 46.9 Å². The molecule has 1 heterocycles. The first-order valence-electron chi connectivity index (χ1n) is 9.09. The van der Waals surface area contributed by atoms with Crippen LogP contribution in [0.3, 0.4) is 0 Å². The van der Waals surface area contributed by atoms with Crippen molar-refractivity contribution in [2.24, 2.45) is 0 Å². The number of amides is 2. The van der Waals surface area contributed by atoms with E-state index in [1.807, 2.05) is 12.1 Å². The smallest absolute Gasteiger partial charge is 0.305 e. The molecule has 146 valence electrons. The van der Waals surface area contributed by atoms with Crippen LogP contribution >= 0.6 is 0 Å². The van der Waals surface area contributed by atoms with Crippen LogP contribution in [-0.4, -0.2) is 24.9 Å². The van der Waals surface area contributed by atoms with Crippen LogP contribution in [0.1, 0.15) is 40.3 Å². The summed E-state index contributed by atoms with van der Waals surface area (Å²) in [7, 11) is 0. The van der Waals surface area contributed by atoms with Crippen molar-refractivity contribution in [1.82, 2.24) is 10.9 Å². The van der Waals surface area contributed by atoms with Crippen LogP contribution in [0.5, 0.6) is 0 Å². The van der Waals surface area contributed by atoms with E-state index in [0.717, 1.165) is 18.8 Å². The maximum atomic E-state index is 13.8. The third-order valence-corrected chi connectivity index (χ3v) is 4.67. The molecule has 1 aromatic heterocycles. The van der Waals surface area contributed by atoms with Gasteiger partial charge in [-0.1, -0.05) is 12.1 Å². The summed E-state index contributed by atoms with van der Waals surface area (Å²) in [6.07, 6.45) is 0. The Hall–Kier alpha value is -3.35. The van der Waals surface area contributed by atoms with Crippen molar-refractivity contribution in [3.8, 4) is 0 Å². The van der Waals surface area contributed by atoms with E-state index in [0.29, 0.717) is 16.5 Å². The number of halogens is 1. The number of para-hydroxylation sites is 1. The summed E-state index contributed by atoms with van der Waals surface area (Å²) in [4.78, 5) is 26.8. The van der Waals surface area contributed by atoms with Gasteiger partial charge in [-0.25, -0.2) is 4.39 Å². The highest BCUT2D eigenvalue weighted by atomic mass is 19.1. The monoisotopic (exact) mass is 383 g/mol. The number of hydrogen-bond acceptors (Lipinski definition) is 4. The summed E-state index contributed by atoms with van der Waals surface area (Å²) in [5.41, 5.74) is 6.61. The summed E-state index contributed by atoms with van der Waals surface area (Å²) in [6, 6.07) is 11.6. The van der Waals surface area contributed by atoms with E-state index in [9.17, 15) is 14.0 Å². The van der Waals surface area contributed by atoms with Gasteiger partial charge in [0.05, 0.1) is 0 Å². The molecule has 6 nitrogen and oxygen atoms in total. The topological polar surface area (TPSA) is 74.6 Å². The lowest BCUT2D eigenvalue weighted by Gasteiger charge is -2.21. The highest BCUT2D eigenvalue weighted by molar-refractivity contribution is 6.01. The molecule has 7 heteroatoms. The van der Waals surface area contributed by atoms with Crippen molar-refractivity contribution in [1.29, 1.82) is 0 Å². The van der Waals surface area contributed by atoms with Gasteiger partial charge in [-0.3, -0.25) is 20.4 Å². The first-order valence-corrected chi connectivity index (χ1v) is 9.09. The van der Waals surface area contributed by atoms with Crippen molar-refractivity contribution in [2.45, 2.75) is 20.8 Å². The molecule has 0 aliphatic rings. The lowest BCUT2D eigenvalue weighted by atomic mass is 10.1. The minimum atomic E-state index is -0.652. The molecule has 0 bridgehead atoms. The molecule has 0 aliphatic carbocycles. The number of furan rings is 1. The van der Waals surface area contributed by atoms with Crippen molar-refractivity contribution in [3.05, 3.63) is 65.2 Å². The zero-order valence-electron chi connectivity index (χ0n) is 16.0. The largest absolute Gasteiger partial charge is 0.447 e. The first kappa shape index (κ1) is 19.4. The molecule has 0 unspecified atom stereocenters. The third kappa shape index (κ3) is 3.69. The SMILES string of the molecule is CCN(CC)c1ccc(C(=O)NNC(=O)c2oc3c(F)cccc3c2C)cc1. The summed E-state index contributed by atoms with van der Waals surface area (Å²) in [6.45, 7) is 7.52. The summed E-state index contributed by atoms with van der Waals surface area (Å²) in [5.74, 6) is -1.70. The molecule has 2 aromatic carbocycles. The molecule has 0 atom stereocenters. The lowest BCUT2D eigenvalue weighted by molar-refractivity contribution is 0.0831. The van der Waals surface area contributed by atoms with Gasteiger partial charge in [-0.05, 0) is 51.1 Å². The van der Waals surface area contributed by atoms with E-state index in [2.05, 4.69) is 29.6 Å². The predicted octanol–water partition coefficient (Wildman–Crippen LogP) is 3.80. The highest BCUT2D eigenvalue weighted by Crippen LogP contribution is 2.27. The van der Waals surface area contributed by atoms with Crippen molar-refractivity contribution < 1.29 is 18.4 Å². The van der Waals surface area contributed by atoms with E-state index in [1.165, 1.54) is 6.07 Å². The summed E-state index contributed by atoms with van der Waals surface area (Å²) >= 11 is 0. The molecule has 0 saturated heterocycles. The van der Waals surface area contributed by atoms with Gasteiger partial charge in [0.1, 0.15) is 0 Å². The Balaban J connectivity index is 1.68. The quantitative estimate of drug-likeness (QED) is 0.657. The number of anilines is 1. The fourth-order valence-electron chi connectivity index (χ4n) is 3.08. The van der Waals surface area contributed by atoms with Crippen molar-refractivity contribution in [2.75, 3.05) is 18.0 Å². The standard InChI is InChI=1S/C21H22FN3O3/c1-4-25(5-2)15-11-9-14(10-12-15)20(26)23-24-21(27)18-13(3)16-7-6-8-17(22)19(16)28-18/h6-12H,4-5H2,1-3H3,(H,23,26)(H,24,27). The number of fused-ring (bicyclic) bond motifs is 1. The van der Waals surface area contributed by atoms with Gasteiger partial charge in [-0.2, -0.15) is 0 Å². The van der Waals surface area contributed by atoms with Gasteiger partial charge in [0.25, 0.3) is 5.91 Å². The summed E-state index contributed by atoms with van der Waals surface area (Å²) in [5, 5.41) is 0.517. The van der Waals surface area contributed by atoms with E-state index < -0.39 is 17.6 Å². The zero-order valence-corrected chi connectivity index (χ0v) is 16.0. The van der Waals surface area contributed by atoms with Crippen LogP contribution in [-0.2, 0) is 0 Å². The molecule has 3 aromatic rings. The summed E-state index contributed by atoms with van der Waals surface area (Å²) < 4.78 is 19.2. The predicted molar refractivity (Wildman–Crippen MR) is 106 cm³/mol. The molecule has 0 aliphatic heterocycles. The maximum absolute atomic E-state index is 13.8. The Kier molecular flexibility index (Phi) is 5.63. The number of hydrazine groups is 1. The first-order chi connectivity index (χ1) is 13.5. The lowest BCUT2D eigenvalue weighted by Crippen LogP contribution is -2.41. The van der Waals surface area contributed by atoms with Crippen molar-refractivity contribution >= 4 is 28.5 Å². The van der Waals surface area contributed by atoms with Gasteiger partial charge < -0.3 is 9.32 Å². The zero-order chi connectivity index (χ0) is 20.3. The molecule has 0 spiro atoms. The van der Waals surface area contributed by atoms with Crippen LogP contribution in [0.25, 0.3) is 11.0 Å². The highest BCUT2D eigenvalue weighted by Gasteiger charge is 2.20. The Morgan fingerprint density at radius 2 is 1.64 bits per heavy atom. The van der Waals surface area contributed by atoms with E-state index in [4.69, 9.17) is 4.42 Å². The van der Waals surface area contributed by atoms with Gasteiger partial charge in [0.15, 0.2) is 17.2 Å². The normalized spacial score (nSPS) is 10.7. The van der Waals surface area contributed by atoms with Crippen LogP contribution in [0.4, 0.5) is 10.1 Å². The Labute approximate surface area is 162 Å². The number of carbonyl (C=O) groups is 2. The van der Waals surface area contributed by atoms with E-state index in [1.54, 1.807) is 31.2 Å². The number of hydrogen-bond donors (Lipinski definition) is 2. The molecule has 2 amide bonds. The number of carbonyl (C=O) groups excluding carboxylic acids is 2. The second kappa shape index (κ2) is 8.12. The van der Waals surface area contributed by atoms with Crippen LogP contribution in [0, 0.1) is 12.7 Å². The molecule has 2 N–H and O–H groups in total. The fourth-order valence-corrected chi connectivity index (χ4v) is 3.08. The number of benzene rings is 2. The molecule has 0 radical (unpaired) electrons. The number of aryl methyl sites for hydroxylation is 1. The average molecular weight is 383 g/mol. The molecule has 28 heavy (non-hydrogen) atoms. The number of rotatable bonds is 5. The Morgan fingerprint density at radius 1 is 1.00 bits per heavy atom. The second-order valence-electron chi connectivity index (χ2n) is 6.30. The van der Waals surface area contributed by atoms with Crippen LogP contribution in [0.2, 0.25) is 0 Å². The van der Waals surface area contributed by atoms with Gasteiger partial charge in [-0.15, -0.1) is 0 Å². The molecule has 3 rings (SSSR count). The van der Waals surface area contributed by atoms with Gasteiger partial charge in [0, 0.05) is 35.3 Å². The Bertz CT molecular complexity index is 1010. The maximum Gasteiger partial charge on any atom is 0.305 e. The second-order valence-corrected chi connectivity index (χ2v) is 6.30. The molecular formula is C21H22FN3O3. The number of nitrogens with zero attached hydrogens (tertiary/aromatic N) is 1. The van der Waals surface area contributed by atoms with Gasteiger partial charge >= 0.3 is 5.91 Å². The molecular weight excluding hydrogens is 361 g/mol. The average Bonchev–Trinajstić information content (AvgIpc) is 3.05. The van der Waals surface area contributed by atoms with Crippen LogP contribution < -0.4 is 15.8 Å². The third-order valence-electron chi connectivity index (χ3n) is 4.67. The van der Waals surface area contributed by atoms with Crippen molar-refractivity contribution in [3.63, 3.8) is 0 Å². The molecule has 0 saturated carbocycles. The Morgan fingerprint density at radius 3 is 2.25 bits per heavy atom. The van der Waals surface area contributed by atoms with E-state index >= 15 is 0 Å². The fraction of sp³-hybridized carbons (Fsp3) is 0.238. The minimum absolute atomic E-state index is 0.0171.